The molecule has 0 bridgehead atoms. The number of aliphatic hydroxyl groups is 3. The molecule has 0 saturated carbocycles. The number of hydrogen-bond acceptors (Lipinski definition) is 11. The van der Waals surface area contributed by atoms with Crippen LogP contribution < -0.4 is 26.6 Å². The molecule has 1 aliphatic heterocycles. The van der Waals surface area contributed by atoms with E-state index in [1.165, 1.54) is 13.1 Å². The molecule has 2 atom stereocenters. The first kappa shape index (κ1) is 52.4. The minimum atomic E-state index is -0.457. The van der Waals surface area contributed by atoms with Crippen molar-refractivity contribution in [3.63, 3.8) is 0 Å². The van der Waals surface area contributed by atoms with Gasteiger partial charge in [0.1, 0.15) is 6.04 Å². The maximum absolute atomic E-state index is 12.1. The summed E-state index contributed by atoms with van der Waals surface area (Å²) in [7, 11) is 3.67. The Morgan fingerprint density at radius 2 is 1.64 bits per heavy atom. The topological polar surface area (TPSA) is 275 Å². The van der Waals surface area contributed by atoms with Gasteiger partial charge < -0.3 is 57.1 Å². The van der Waals surface area contributed by atoms with Crippen molar-refractivity contribution < 1.29 is 49.6 Å². The van der Waals surface area contributed by atoms with E-state index in [0.29, 0.717) is 32.2 Å². The molecule has 0 aromatic rings. The fourth-order valence-corrected chi connectivity index (χ4v) is 3.05. The Morgan fingerprint density at radius 3 is 2.17 bits per heavy atom. The van der Waals surface area contributed by atoms with E-state index in [2.05, 4.69) is 62.3 Å². The van der Waals surface area contributed by atoms with Crippen LogP contribution in [0.4, 0.5) is 0 Å². The summed E-state index contributed by atoms with van der Waals surface area (Å²) in [5, 5.41) is 38.6. The minimum absolute atomic E-state index is 0. The Labute approximate surface area is 278 Å². The Balaban J connectivity index is -0.000000217. The van der Waals surface area contributed by atoms with Crippen LogP contribution in [0.3, 0.4) is 0 Å². The molecule has 1 fully saturated rings. The second-order valence-corrected chi connectivity index (χ2v) is 9.65. The molecule has 0 spiro atoms. The lowest BCUT2D eigenvalue weighted by atomic mass is 10.2. The predicted molar refractivity (Wildman–Crippen MR) is 181 cm³/mol. The zero-order chi connectivity index (χ0) is 36.2. The number of oxime groups is 1. The fourth-order valence-electron chi connectivity index (χ4n) is 3.05. The van der Waals surface area contributed by atoms with E-state index in [1.54, 1.807) is 24.5 Å². The fraction of sp³-hybridized carbons (Fsp3) is 0.690. The van der Waals surface area contributed by atoms with Crippen LogP contribution in [-0.2, 0) is 28.8 Å². The normalized spacial score (nSPS) is 13.5. The number of nitrogens with one attached hydrogen (secondary N) is 5. The third kappa shape index (κ3) is 38.0. The number of amides is 5. The van der Waals surface area contributed by atoms with Gasteiger partial charge in [-0.05, 0) is 38.3 Å². The number of hydrogen-bond donors (Lipinski definition) is 8. The minimum Gasteiger partial charge on any atom is -0.412 e. The molecule has 0 aromatic heterocycles. The van der Waals surface area contributed by atoms with E-state index in [-0.39, 0.29) is 61.6 Å². The maximum Gasteiger partial charge on any atom is 0.243 e. The third-order valence-corrected chi connectivity index (χ3v) is 4.78. The van der Waals surface area contributed by atoms with Gasteiger partial charge in [-0.3, -0.25) is 29.0 Å². The Kier molecular flexibility index (Phi) is 44.5. The summed E-state index contributed by atoms with van der Waals surface area (Å²) in [5.74, 6) is -0.165. The van der Waals surface area contributed by atoms with Crippen molar-refractivity contribution in [3.05, 3.63) is 12.3 Å². The van der Waals surface area contributed by atoms with Crippen LogP contribution in [0.1, 0.15) is 60.3 Å². The monoisotopic (exact) mass is 680 g/mol. The van der Waals surface area contributed by atoms with Crippen LogP contribution >= 0.6 is 0 Å². The number of nitrogens with zero attached hydrogens (tertiary/aromatic N) is 3. The summed E-state index contributed by atoms with van der Waals surface area (Å²) in [6, 6.07) is -0.506. The molecule has 1 saturated heterocycles. The molecule has 5 amide bonds. The zero-order valence-electron chi connectivity index (χ0n) is 29.1. The number of carbonyl (C=O) groups excluding carboxylic acids is 5. The first-order chi connectivity index (χ1) is 22.0. The molecule has 47 heavy (non-hydrogen) atoms. The van der Waals surface area contributed by atoms with E-state index < -0.39 is 6.04 Å². The van der Waals surface area contributed by atoms with Gasteiger partial charge in [-0.15, -0.1) is 0 Å². The number of likely N-dealkylation sites (tertiary alicyclic amines) is 1. The predicted octanol–water partition coefficient (Wildman–Crippen LogP) is -1.98. The van der Waals surface area contributed by atoms with Gasteiger partial charge in [0.25, 0.3) is 0 Å². The number of aliphatic imine (C=N–C) groups is 1. The number of carbonyl (C=O) groups is 5. The van der Waals surface area contributed by atoms with Gasteiger partial charge in [-0.1, -0.05) is 32.0 Å². The highest BCUT2D eigenvalue weighted by Crippen LogP contribution is 2.17. The smallest absolute Gasteiger partial charge is 0.243 e. The third-order valence-electron chi connectivity index (χ3n) is 4.78. The molecule has 18 heteroatoms. The number of rotatable bonds is 16. The highest BCUT2D eigenvalue weighted by Gasteiger charge is 2.32. The Morgan fingerprint density at radius 1 is 1.02 bits per heavy atom. The van der Waals surface area contributed by atoms with Crippen LogP contribution in [0.2, 0.25) is 0 Å². The van der Waals surface area contributed by atoms with Crippen molar-refractivity contribution in [2.75, 3.05) is 54.2 Å². The van der Waals surface area contributed by atoms with Crippen LogP contribution in [0.15, 0.2) is 22.4 Å². The highest BCUT2D eigenvalue weighted by atomic mass is 16.6. The Bertz CT molecular complexity index is 871. The van der Waals surface area contributed by atoms with Crippen LogP contribution in [-0.4, -0.2) is 135 Å². The van der Waals surface area contributed by atoms with E-state index >= 15 is 0 Å². The van der Waals surface area contributed by atoms with E-state index in [1.807, 2.05) is 13.0 Å². The van der Waals surface area contributed by atoms with Gasteiger partial charge in [0, 0.05) is 60.0 Å². The summed E-state index contributed by atoms with van der Waals surface area (Å²) < 4.78 is 0. The molecule has 1 aliphatic rings. The average molecular weight is 681 g/mol. The molecule has 0 aromatic carbocycles. The lowest BCUT2D eigenvalue weighted by Gasteiger charge is -2.22. The highest BCUT2D eigenvalue weighted by molar-refractivity contribution is 5.90. The molecule has 276 valence electrons. The van der Waals surface area contributed by atoms with Gasteiger partial charge in [0.2, 0.25) is 30.0 Å². The molecule has 1 heterocycles. The van der Waals surface area contributed by atoms with Gasteiger partial charge in [-0.25, -0.2) is 0 Å². The van der Waals surface area contributed by atoms with Gasteiger partial charge in [0.15, 0.2) is 6.73 Å². The van der Waals surface area contributed by atoms with Crippen molar-refractivity contribution in [1.29, 1.82) is 0 Å². The van der Waals surface area contributed by atoms with E-state index in [0.717, 1.165) is 26.6 Å². The molecular formula is C29H60N8O10. The molecule has 0 aliphatic carbocycles. The van der Waals surface area contributed by atoms with Gasteiger partial charge in [-0.2, -0.15) is 0 Å². The summed E-state index contributed by atoms with van der Waals surface area (Å²) in [5.41, 5.74) is 0. The molecule has 0 radical (unpaired) electrons. The van der Waals surface area contributed by atoms with Crippen LogP contribution in [0.25, 0.3) is 0 Å². The van der Waals surface area contributed by atoms with Crippen molar-refractivity contribution in [2.45, 2.75) is 72.4 Å². The Hall–Kier alpha value is -4.13. The SMILES string of the molecule is CC(C)C.CN=CNC=CCC(C)NC(=O)CNC(=O)C1CCCN1C(C)=O.CO.CO.O.O=CNCC(=O)NCO/N=C/CCO. The molecular weight excluding hydrogens is 620 g/mol. The summed E-state index contributed by atoms with van der Waals surface area (Å²) in [6.07, 6.45) is 9.51. The average Bonchev–Trinajstić information content (AvgIpc) is 3.53. The number of aliphatic hydroxyl groups excluding tert-OH is 3. The first-order valence-electron chi connectivity index (χ1n) is 14.7. The standard InChI is InChI=1S/C16H27N5O3.C7H13N3O4.C4H10.2CH4O.H2O/c1-12(6-4-8-18-11-17-3)20-15(23)10-19-16(24)14-7-5-9-21(14)13(2)22;11-3-1-2-10-14-6-9-7(13)4-8-5-12;1-4(2)3;2*1-2;/h4,8,11-12,14H,5-7,9-10H2,1-3H3,(H,17,18)(H,19,24)(H,20,23);2,5,11H,1,3-4,6H2,(H,8,12)(H,9,13);4H,1-3H3;2*2H,1H3;1H2/b;10-2+;;;;. The summed E-state index contributed by atoms with van der Waals surface area (Å²) in [6.45, 7) is 10.2. The molecule has 18 nitrogen and oxygen atoms in total. The lowest BCUT2D eigenvalue weighted by Crippen LogP contribution is -2.48. The summed E-state index contributed by atoms with van der Waals surface area (Å²) >= 11 is 0. The largest absolute Gasteiger partial charge is 0.412 e. The molecule has 1 rings (SSSR count). The van der Waals surface area contributed by atoms with Crippen molar-refractivity contribution in [2.24, 2.45) is 16.1 Å². The second kappa shape index (κ2) is 39.9. The zero-order valence-corrected chi connectivity index (χ0v) is 29.1. The quantitative estimate of drug-likeness (QED) is 0.0222. The van der Waals surface area contributed by atoms with Crippen LogP contribution in [0.5, 0.6) is 0 Å². The van der Waals surface area contributed by atoms with Gasteiger partial charge in [0.05, 0.1) is 19.4 Å². The van der Waals surface area contributed by atoms with Gasteiger partial charge >= 0.3 is 0 Å². The van der Waals surface area contributed by atoms with Crippen molar-refractivity contribution in [3.8, 4) is 0 Å². The maximum atomic E-state index is 12.1. The van der Waals surface area contributed by atoms with E-state index in [4.69, 9.17) is 15.3 Å². The molecule has 2 unspecified atom stereocenters. The molecule has 10 N–H and O–H groups in total. The van der Waals surface area contributed by atoms with E-state index in [9.17, 15) is 24.0 Å². The first-order valence-corrected chi connectivity index (χ1v) is 14.7. The van der Waals surface area contributed by atoms with Crippen molar-refractivity contribution in [1.82, 2.24) is 31.5 Å². The lowest BCUT2D eigenvalue weighted by molar-refractivity contribution is -0.137. The van der Waals surface area contributed by atoms with Crippen molar-refractivity contribution >= 4 is 42.6 Å². The van der Waals surface area contributed by atoms with Crippen LogP contribution in [0, 0.1) is 5.92 Å². The second-order valence-electron chi connectivity index (χ2n) is 9.65. The summed E-state index contributed by atoms with van der Waals surface area (Å²) in [4.78, 5) is 65.9.